The number of halogens is 2. The van der Waals surface area contributed by atoms with Crippen molar-refractivity contribution in [3.63, 3.8) is 0 Å². The fourth-order valence-corrected chi connectivity index (χ4v) is 4.56. The number of carbonyl (C=O) groups is 1. The number of urea groups is 1. The normalized spacial score (nSPS) is 15.1. The van der Waals surface area contributed by atoms with Gasteiger partial charge in [0.25, 0.3) is 0 Å². The van der Waals surface area contributed by atoms with Crippen LogP contribution in [-0.2, 0) is 21.3 Å². The van der Waals surface area contributed by atoms with Crippen LogP contribution in [0.4, 0.5) is 14.9 Å². The van der Waals surface area contributed by atoms with Gasteiger partial charge in [0.1, 0.15) is 5.82 Å². The summed E-state index contributed by atoms with van der Waals surface area (Å²) >= 11 is 6.00. The van der Waals surface area contributed by atoms with Gasteiger partial charge in [-0.3, -0.25) is 0 Å². The third kappa shape index (κ3) is 5.05. The van der Waals surface area contributed by atoms with Crippen LogP contribution in [0.3, 0.4) is 0 Å². The van der Waals surface area contributed by atoms with E-state index in [0.29, 0.717) is 18.9 Å². The smallest absolute Gasteiger partial charge is 0.321 e. The average Bonchev–Trinajstić information content (AvgIpc) is 2.71. The molecule has 0 aromatic heterocycles. The number of hydrogen-bond acceptors (Lipinski definition) is 4. The molecule has 2 aromatic carbocycles. The largest absolute Gasteiger partial charge is 0.379 e. The molecule has 2 amide bonds. The summed E-state index contributed by atoms with van der Waals surface area (Å²) in [5.41, 5.74) is 0.520. The van der Waals surface area contributed by atoms with Crippen molar-refractivity contribution < 1.29 is 22.3 Å². The SMILES string of the molecule is CN(Cc1c(F)cccc1Cl)C(=O)Nc1cccc(S(=O)(=O)N2CCOCC2)c1. The summed E-state index contributed by atoms with van der Waals surface area (Å²) in [4.78, 5) is 13.8. The minimum Gasteiger partial charge on any atom is -0.379 e. The maximum atomic E-state index is 13.9. The molecule has 0 unspecified atom stereocenters. The van der Waals surface area contributed by atoms with Crippen molar-refractivity contribution in [3.05, 3.63) is 58.9 Å². The molecule has 0 atom stereocenters. The lowest BCUT2D eigenvalue weighted by Gasteiger charge is -2.26. The van der Waals surface area contributed by atoms with Gasteiger partial charge in [-0.25, -0.2) is 17.6 Å². The van der Waals surface area contributed by atoms with E-state index in [1.807, 2.05) is 0 Å². The lowest BCUT2D eigenvalue weighted by atomic mass is 10.2. The van der Waals surface area contributed by atoms with Crippen molar-refractivity contribution in [1.82, 2.24) is 9.21 Å². The summed E-state index contributed by atoms with van der Waals surface area (Å²) in [7, 11) is -2.19. The van der Waals surface area contributed by atoms with E-state index in [0.717, 1.165) is 0 Å². The molecule has 0 spiro atoms. The first kappa shape index (κ1) is 21.5. The maximum absolute atomic E-state index is 13.9. The van der Waals surface area contributed by atoms with Crippen LogP contribution in [0.15, 0.2) is 47.4 Å². The Bertz CT molecular complexity index is 976. The van der Waals surface area contributed by atoms with Gasteiger partial charge in [-0.05, 0) is 30.3 Å². The Labute approximate surface area is 174 Å². The zero-order valence-corrected chi connectivity index (χ0v) is 17.3. The molecule has 1 heterocycles. The van der Waals surface area contributed by atoms with E-state index in [1.54, 1.807) is 18.2 Å². The van der Waals surface area contributed by atoms with E-state index >= 15 is 0 Å². The van der Waals surface area contributed by atoms with Crippen LogP contribution in [0.5, 0.6) is 0 Å². The number of nitrogens with one attached hydrogen (secondary N) is 1. The van der Waals surface area contributed by atoms with Crippen LogP contribution in [-0.4, -0.2) is 57.0 Å². The zero-order valence-electron chi connectivity index (χ0n) is 15.8. The van der Waals surface area contributed by atoms with Crippen LogP contribution >= 0.6 is 11.6 Å². The van der Waals surface area contributed by atoms with Gasteiger partial charge in [0.05, 0.1) is 24.7 Å². The summed E-state index contributed by atoms with van der Waals surface area (Å²) in [6, 6.07) is 9.79. The van der Waals surface area contributed by atoms with E-state index in [4.69, 9.17) is 16.3 Å². The second-order valence-corrected chi connectivity index (χ2v) is 8.88. The van der Waals surface area contributed by atoms with Gasteiger partial charge in [0.2, 0.25) is 10.0 Å². The van der Waals surface area contributed by atoms with Crippen molar-refractivity contribution in [2.45, 2.75) is 11.4 Å². The van der Waals surface area contributed by atoms with Crippen molar-refractivity contribution in [1.29, 1.82) is 0 Å². The van der Waals surface area contributed by atoms with Gasteiger partial charge in [-0.1, -0.05) is 23.7 Å². The fraction of sp³-hybridized carbons (Fsp3) is 0.316. The molecule has 0 saturated carbocycles. The van der Waals surface area contributed by atoms with Crippen LogP contribution in [0, 0.1) is 5.82 Å². The van der Waals surface area contributed by atoms with Crippen LogP contribution in [0.1, 0.15) is 5.56 Å². The molecule has 3 rings (SSSR count). The van der Waals surface area contributed by atoms with Crippen molar-refractivity contribution in [2.24, 2.45) is 0 Å². The molecule has 0 aliphatic carbocycles. The highest BCUT2D eigenvalue weighted by atomic mass is 35.5. The zero-order chi connectivity index (χ0) is 21.0. The quantitative estimate of drug-likeness (QED) is 0.773. The molecule has 2 aromatic rings. The van der Waals surface area contributed by atoms with Crippen molar-refractivity contribution in [2.75, 3.05) is 38.7 Å². The summed E-state index contributed by atoms with van der Waals surface area (Å²) < 4.78 is 46.0. The van der Waals surface area contributed by atoms with Gasteiger partial charge in [-0.15, -0.1) is 0 Å². The number of morpholine rings is 1. The van der Waals surface area contributed by atoms with E-state index < -0.39 is 21.9 Å². The first-order valence-electron chi connectivity index (χ1n) is 8.92. The minimum atomic E-state index is -3.68. The Morgan fingerprint density at radius 2 is 1.93 bits per heavy atom. The molecule has 0 radical (unpaired) electrons. The molecular formula is C19H21ClFN3O4S. The van der Waals surface area contributed by atoms with Gasteiger partial charge in [-0.2, -0.15) is 4.31 Å². The lowest BCUT2D eigenvalue weighted by molar-refractivity contribution is 0.0730. The number of amides is 2. The highest BCUT2D eigenvalue weighted by molar-refractivity contribution is 7.89. The minimum absolute atomic E-state index is 0.0386. The van der Waals surface area contributed by atoms with Gasteiger partial charge in [0.15, 0.2) is 0 Å². The third-order valence-corrected chi connectivity index (χ3v) is 6.75. The first-order valence-corrected chi connectivity index (χ1v) is 10.7. The predicted octanol–water partition coefficient (Wildman–Crippen LogP) is 3.16. The lowest BCUT2D eigenvalue weighted by Crippen LogP contribution is -2.40. The summed E-state index contributed by atoms with van der Waals surface area (Å²) in [5.74, 6) is -0.504. The molecule has 1 N–H and O–H groups in total. The number of benzene rings is 2. The van der Waals surface area contributed by atoms with Crippen LogP contribution in [0.25, 0.3) is 0 Å². The molecule has 1 aliphatic heterocycles. The Morgan fingerprint density at radius 3 is 2.62 bits per heavy atom. The number of ether oxygens (including phenoxy) is 1. The number of carbonyl (C=O) groups excluding carboxylic acids is 1. The highest BCUT2D eigenvalue weighted by Gasteiger charge is 2.26. The topological polar surface area (TPSA) is 79.0 Å². The predicted molar refractivity (Wildman–Crippen MR) is 108 cm³/mol. The van der Waals surface area contributed by atoms with Crippen LogP contribution < -0.4 is 5.32 Å². The standard InChI is InChI=1S/C19H21ClFN3O4S/c1-23(13-16-17(20)6-3-7-18(16)21)19(25)22-14-4-2-5-15(12-14)29(26,27)24-8-10-28-11-9-24/h2-7,12H,8-11,13H2,1H3,(H,22,25). The Hall–Kier alpha value is -2.20. The van der Waals surface area contributed by atoms with Gasteiger partial charge < -0.3 is 15.0 Å². The van der Waals surface area contributed by atoms with E-state index in [9.17, 15) is 17.6 Å². The molecule has 1 saturated heterocycles. The molecular weight excluding hydrogens is 421 g/mol. The summed E-state index contributed by atoms with van der Waals surface area (Å²) in [6.45, 7) is 1.22. The molecule has 0 bridgehead atoms. The van der Waals surface area contributed by atoms with Gasteiger partial charge in [0, 0.05) is 36.4 Å². The first-order chi connectivity index (χ1) is 13.8. The molecule has 156 valence electrons. The molecule has 1 aliphatic rings. The van der Waals surface area contributed by atoms with E-state index in [2.05, 4.69) is 5.32 Å². The second kappa shape index (κ2) is 9.08. The van der Waals surface area contributed by atoms with Crippen molar-refractivity contribution in [3.8, 4) is 0 Å². The summed E-state index contributed by atoms with van der Waals surface area (Å²) in [6.07, 6.45) is 0. The number of rotatable bonds is 5. The van der Waals surface area contributed by atoms with Crippen LogP contribution in [0.2, 0.25) is 5.02 Å². The monoisotopic (exact) mass is 441 g/mol. The molecule has 7 nitrogen and oxygen atoms in total. The second-order valence-electron chi connectivity index (χ2n) is 6.53. The van der Waals surface area contributed by atoms with E-state index in [-0.39, 0.29) is 35.1 Å². The number of sulfonamides is 1. The Kier molecular flexibility index (Phi) is 6.74. The summed E-state index contributed by atoms with van der Waals surface area (Å²) in [5, 5.41) is 2.86. The third-order valence-electron chi connectivity index (χ3n) is 4.50. The van der Waals surface area contributed by atoms with Gasteiger partial charge >= 0.3 is 6.03 Å². The Balaban J connectivity index is 1.71. The maximum Gasteiger partial charge on any atom is 0.321 e. The van der Waals surface area contributed by atoms with Crippen molar-refractivity contribution >= 4 is 33.3 Å². The highest BCUT2D eigenvalue weighted by Crippen LogP contribution is 2.22. The number of anilines is 1. The molecule has 1 fully saturated rings. The van der Waals surface area contributed by atoms with E-state index in [1.165, 1.54) is 40.5 Å². The molecule has 29 heavy (non-hydrogen) atoms. The fourth-order valence-electron chi connectivity index (χ4n) is 2.88. The molecule has 10 heteroatoms. The average molecular weight is 442 g/mol. The number of hydrogen-bond donors (Lipinski definition) is 1. The Morgan fingerprint density at radius 1 is 1.24 bits per heavy atom. The number of nitrogens with zero attached hydrogens (tertiary/aromatic N) is 2.